The number of amides is 1. The molecular formula is C23H33N5O2. The molecule has 0 radical (unpaired) electrons. The van der Waals surface area contributed by atoms with E-state index in [0.717, 1.165) is 45.8 Å². The van der Waals surface area contributed by atoms with Crippen LogP contribution >= 0.6 is 0 Å². The zero-order valence-electron chi connectivity index (χ0n) is 18.0. The molecule has 0 aliphatic carbocycles. The Morgan fingerprint density at radius 2 is 1.73 bits per heavy atom. The first-order valence-electron chi connectivity index (χ1n) is 11.2. The van der Waals surface area contributed by atoms with E-state index in [1.54, 1.807) is 0 Å². The summed E-state index contributed by atoms with van der Waals surface area (Å²) in [6.07, 6.45) is 5.33. The molecule has 2 aromatic rings. The Bertz CT molecular complexity index is 805. The average Bonchev–Trinajstić information content (AvgIpc) is 3.24. The highest BCUT2D eigenvalue weighted by molar-refractivity contribution is 5.91. The monoisotopic (exact) mass is 411 g/mol. The van der Waals surface area contributed by atoms with Crippen molar-refractivity contribution in [1.82, 2.24) is 20.1 Å². The van der Waals surface area contributed by atoms with E-state index in [1.807, 2.05) is 0 Å². The summed E-state index contributed by atoms with van der Waals surface area (Å²) in [7, 11) is 0. The molecule has 4 rings (SSSR count). The molecule has 0 bridgehead atoms. The minimum atomic E-state index is -0.147. The SMILES string of the molecule is Cc1ccc(N2CCN(Cc3nc(C(=O)NCCN4CCCCC4)co3)CC2)cc1. The van der Waals surface area contributed by atoms with Gasteiger partial charge in [0.25, 0.3) is 5.91 Å². The second-order valence-corrected chi connectivity index (χ2v) is 8.38. The molecule has 2 saturated heterocycles. The summed E-state index contributed by atoms with van der Waals surface area (Å²) in [6, 6.07) is 8.70. The number of benzene rings is 1. The summed E-state index contributed by atoms with van der Waals surface area (Å²) in [4.78, 5) is 23.9. The van der Waals surface area contributed by atoms with Crippen LogP contribution in [0.25, 0.3) is 0 Å². The lowest BCUT2D eigenvalue weighted by Gasteiger charge is -2.35. The lowest BCUT2D eigenvalue weighted by molar-refractivity contribution is 0.0941. The quantitative estimate of drug-likeness (QED) is 0.755. The van der Waals surface area contributed by atoms with Crippen molar-refractivity contribution in [3.05, 3.63) is 47.7 Å². The van der Waals surface area contributed by atoms with Gasteiger partial charge in [0.1, 0.15) is 6.26 Å². The van der Waals surface area contributed by atoms with Gasteiger partial charge in [0, 0.05) is 45.0 Å². The Morgan fingerprint density at radius 1 is 1.00 bits per heavy atom. The zero-order chi connectivity index (χ0) is 20.8. The Labute approximate surface area is 179 Å². The molecule has 162 valence electrons. The van der Waals surface area contributed by atoms with Crippen molar-refractivity contribution in [2.45, 2.75) is 32.7 Å². The van der Waals surface area contributed by atoms with Gasteiger partial charge >= 0.3 is 0 Å². The highest BCUT2D eigenvalue weighted by atomic mass is 16.3. The third-order valence-corrected chi connectivity index (χ3v) is 6.08. The molecule has 2 fully saturated rings. The van der Waals surface area contributed by atoms with E-state index in [2.05, 4.69) is 56.2 Å². The maximum Gasteiger partial charge on any atom is 0.273 e. The molecule has 30 heavy (non-hydrogen) atoms. The number of rotatable bonds is 7. The van der Waals surface area contributed by atoms with Crippen LogP contribution < -0.4 is 10.2 Å². The van der Waals surface area contributed by atoms with Crippen molar-refractivity contribution in [2.24, 2.45) is 0 Å². The van der Waals surface area contributed by atoms with Crippen LogP contribution in [0.1, 0.15) is 41.2 Å². The summed E-state index contributed by atoms with van der Waals surface area (Å²) < 4.78 is 5.57. The number of likely N-dealkylation sites (tertiary alicyclic amines) is 1. The predicted molar refractivity (Wildman–Crippen MR) is 118 cm³/mol. The van der Waals surface area contributed by atoms with Crippen LogP contribution in [0.2, 0.25) is 0 Å². The number of nitrogens with one attached hydrogen (secondary N) is 1. The third kappa shape index (κ3) is 5.61. The molecule has 1 N–H and O–H groups in total. The Hall–Kier alpha value is -2.38. The van der Waals surface area contributed by atoms with Gasteiger partial charge in [-0.2, -0.15) is 0 Å². The number of anilines is 1. The zero-order valence-corrected chi connectivity index (χ0v) is 18.0. The van der Waals surface area contributed by atoms with Gasteiger partial charge in [0.2, 0.25) is 5.89 Å². The van der Waals surface area contributed by atoms with Gasteiger partial charge in [-0.1, -0.05) is 24.1 Å². The van der Waals surface area contributed by atoms with Crippen molar-refractivity contribution in [1.29, 1.82) is 0 Å². The van der Waals surface area contributed by atoms with Crippen LogP contribution in [-0.4, -0.2) is 73.0 Å². The first-order valence-corrected chi connectivity index (χ1v) is 11.2. The van der Waals surface area contributed by atoms with E-state index in [0.29, 0.717) is 24.7 Å². The van der Waals surface area contributed by atoms with Crippen molar-refractivity contribution in [3.8, 4) is 0 Å². The van der Waals surface area contributed by atoms with Gasteiger partial charge in [-0.15, -0.1) is 0 Å². The molecule has 7 nitrogen and oxygen atoms in total. The van der Waals surface area contributed by atoms with E-state index < -0.39 is 0 Å². The normalized spacial score (nSPS) is 18.5. The topological polar surface area (TPSA) is 64.8 Å². The van der Waals surface area contributed by atoms with Crippen molar-refractivity contribution >= 4 is 11.6 Å². The standard InChI is InChI=1S/C23H33N5O2/c1-19-5-7-20(8-6-19)28-15-13-27(14-16-28)17-22-25-21(18-30-22)23(29)24-9-12-26-10-3-2-4-11-26/h5-8,18H,2-4,9-17H2,1H3,(H,24,29). The lowest BCUT2D eigenvalue weighted by atomic mass is 10.1. The van der Waals surface area contributed by atoms with E-state index >= 15 is 0 Å². The van der Waals surface area contributed by atoms with Crippen molar-refractivity contribution < 1.29 is 9.21 Å². The minimum absolute atomic E-state index is 0.147. The van der Waals surface area contributed by atoms with E-state index in [1.165, 1.54) is 36.8 Å². The van der Waals surface area contributed by atoms with E-state index in [-0.39, 0.29) is 5.91 Å². The Balaban J connectivity index is 1.20. The molecule has 7 heteroatoms. The summed E-state index contributed by atoms with van der Waals surface area (Å²) in [5.74, 6) is 0.464. The number of aromatic nitrogens is 1. The molecular weight excluding hydrogens is 378 g/mol. The number of nitrogens with zero attached hydrogens (tertiary/aromatic N) is 4. The smallest absolute Gasteiger partial charge is 0.273 e. The number of aryl methyl sites for hydroxylation is 1. The van der Waals surface area contributed by atoms with Gasteiger partial charge in [0.15, 0.2) is 5.69 Å². The minimum Gasteiger partial charge on any atom is -0.447 e. The van der Waals surface area contributed by atoms with Crippen LogP contribution in [0.3, 0.4) is 0 Å². The van der Waals surface area contributed by atoms with Gasteiger partial charge < -0.3 is 19.5 Å². The maximum atomic E-state index is 12.3. The summed E-state index contributed by atoms with van der Waals surface area (Å²) >= 11 is 0. The molecule has 3 heterocycles. The largest absolute Gasteiger partial charge is 0.447 e. The second kappa shape index (κ2) is 10.1. The Kier molecular flexibility index (Phi) is 7.02. The maximum absolute atomic E-state index is 12.3. The third-order valence-electron chi connectivity index (χ3n) is 6.08. The number of hydrogen-bond acceptors (Lipinski definition) is 6. The van der Waals surface area contributed by atoms with Gasteiger partial charge in [0.05, 0.1) is 6.54 Å². The second-order valence-electron chi connectivity index (χ2n) is 8.38. The van der Waals surface area contributed by atoms with E-state index in [4.69, 9.17) is 4.42 Å². The summed E-state index contributed by atoms with van der Waals surface area (Å²) in [5, 5.41) is 2.97. The lowest BCUT2D eigenvalue weighted by Crippen LogP contribution is -2.46. The first kappa shape index (κ1) is 20.9. The molecule has 1 aromatic carbocycles. The van der Waals surface area contributed by atoms with Crippen LogP contribution in [0, 0.1) is 6.92 Å². The van der Waals surface area contributed by atoms with Crippen LogP contribution in [-0.2, 0) is 6.54 Å². The van der Waals surface area contributed by atoms with Gasteiger partial charge in [-0.25, -0.2) is 4.98 Å². The molecule has 0 unspecified atom stereocenters. The number of oxazole rings is 1. The average molecular weight is 412 g/mol. The van der Waals surface area contributed by atoms with Gasteiger partial charge in [-0.3, -0.25) is 9.69 Å². The van der Waals surface area contributed by atoms with Crippen LogP contribution in [0.4, 0.5) is 5.69 Å². The van der Waals surface area contributed by atoms with Crippen LogP contribution in [0.15, 0.2) is 34.9 Å². The molecule has 2 aliphatic heterocycles. The number of carbonyl (C=O) groups is 1. The Morgan fingerprint density at radius 3 is 2.47 bits per heavy atom. The number of piperazine rings is 1. The van der Waals surface area contributed by atoms with Gasteiger partial charge in [-0.05, 0) is 45.0 Å². The molecule has 0 atom stereocenters. The number of hydrogen-bond donors (Lipinski definition) is 1. The highest BCUT2D eigenvalue weighted by Crippen LogP contribution is 2.18. The van der Waals surface area contributed by atoms with Crippen molar-refractivity contribution in [3.63, 3.8) is 0 Å². The fraction of sp³-hybridized carbons (Fsp3) is 0.565. The molecule has 1 amide bonds. The highest BCUT2D eigenvalue weighted by Gasteiger charge is 2.20. The fourth-order valence-electron chi connectivity index (χ4n) is 4.20. The summed E-state index contributed by atoms with van der Waals surface area (Å²) in [5.41, 5.74) is 2.94. The molecule has 0 saturated carbocycles. The fourth-order valence-corrected chi connectivity index (χ4v) is 4.20. The number of piperidine rings is 1. The van der Waals surface area contributed by atoms with E-state index in [9.17, 15) is 4.79 Å². The first-order chi connectivity index (χ1) is 14.7. The van der Waals surface area contributed by atoms with Crippen LogP contribution in [0.5, 0.6) is 0 Å². The predicted octanol–water partition coefficient (Wildman–Crippen LogP) is 2.52. The van der Waals surface area contributed by atoms with Crippen molar-refractivity contribution in [2.75, 3.05) is 57.3 Å². The summed E-state index contributed by atoms with van der Waals surface area (Å²) in [6.45, 7) is 10.5. The molecule has 1 aromatic heterocycles. The number of carbonyl (C=O) groups excluding carboxylic acids is 1. The molecule has 0 spiro atoms. The molecule has 2 aliphatic rings.